The van der Waals surface area contributed by atoms with Crippen LogP contribution in [0.25, 0.3) is 0 Å². The molecule has 0 spiro atoms. The number of carboxylic acids is 1. The first-order valence-electron chi connectivity index (χ1n) is 4.87. The lowest BCUT2D eigenvalue weighted by Crippen LogP contribution is -2.47. The van der Waals surface area contributed by atoms with Crippen LogP contribution in [0.15, 0.2) is 0 Å². The predicted octanol–water partition coefficient (Wildman–Crippen LogP) is 1.01. The normalized spacial score (nSPS) is 33.2. The lowest BCUT2D eigenvalue weighted by atomic mass is 9.87. The van der Waals surface area contributed by atoms with E-state index in [2.05, 4.69) is 0 Å². The van der Waals surface area contributed by atoms with Gasteiger partial charge in [0.15, 0.2) is 0 Å². The summed E-state index contributed by atoms with van der Waals surface area (Å²) >= 11 is 0. The van der Waals surface area contributed by atoms with E-state index >= 15 is 0 Å². The van der Waals surface area contributed by atoms with Crippen LogP contribution in [0.3, 0.4) is 0 Å². The third kappa shape index (κ3) is 1.45. The topological polar surface area (TPSA) is 57.6 Å². The molecule has 2 rings (SSSR count). The molecule has 2 fully saturated rings. The van der Waals surface area contributed by atoms with Gasteiger partial charge in [-0.3, -0.25) is 9.59 Å². The van der Waals surface area contributed by atoms with Gasteiger partial charge >= 0.3 is 18.1 Å². The second kappa shape index (κ2) is 3.11. The van der Waals surface area contributed by atoms with E-state index in [0.717, 1.165) is 0 Å². The second-order valence-corrected chi connectivity index (χ2v) is 4.41. The van der Waals surface area contributed by atoms with E-state index < -0.39 is 29.5 Å². The van der Waals surface area contributed by atoms with Crippen molar-refractivity contribution in [2.45, 2.75) is 31.5 Å². The molecule has 2 atom stereocenters. The number of carboxylic acid groups (broad SMARTS) is 1. The number of halogens is 3. The monoisotopic (exact) mass is 237 g/mol. The van der Waals surface area contributed by atoms with Crippen LogP contribution >= 0.6 is 0 Å². The minimum absolute atomic E-state index is 0.143. The number of rotatable bonds is 1. The summed E-state index contributed by atoms with van der Waals surface area (Å²) in [7, 11) is 0. The lowest BCUT2D eigenvalue weighted by molar-refractivity contribution is -0.188. The van der Waals surface area contributed by atoms with Crippen molar-refractivity contribution >= 4 is 11.9 Å². The average molecular weight is 237 g/mol. The number of hydrogen-bond acceptors (Lipinski definition) is 2. The lowest BCUT2D eigenvalue weighted by Gasteiger charge is -2.30. The Balaban J connectivity index is 2.19. The molecule has 1 aliphatic carbocycles. The van der Waals surface area contributed by atoms with Gasteiger partial charge in [-0.25, -0.2) is 0 Å². The maximum atomic E-state index is 12.2. The van der Waals surface area contributed by atoms with E-state index in [9.17, 15) is 22.8 Å². The first-order chi connectivity index (χ1) is 7.26. The zero-order valence-corrected chi connectivity index (χ0v) is 8.25. The van der Waals surface area contributed by atoms with Gasteiger partial charge in [0.05, 0.1) is 5.41 Å². The fourth-order valence-corrected chi connectivity index (χ4v) is 2.63. The van der Waals surface area contributed by atoms with Crippen LogP contribution < -0.4 is 0 Å². The van der Waals surface area contributed by atoms with Crippen molar-refractivity contribution in [1.29, 1.82) is 0 Å². The van der Waals surface area contributed by atoms with Crippen LogP contribution in [0.1, 0.15) is 19.3 Å². The number of carbonyl (C=O) groups is 2. The number of aliphatic carboxylic acids is 1. The van der Waals surface area contributed by atoms with Gasteiger partial charge in [-0.1, -0.05) is 0 Å². The summed E-state index contributed by atoms with van der Waals surface area (Å²) in [5.74, 6) is -3.02. The quantitative estimate of drug-likeness (QED) is 0.740. The number of fused-ring (bicyclic) bond motifs is 2. The molecule has 0 unspecified atom stereocenters. The first-order valence-corrected chi connectivity index (χ1v) is 4.87. The fraction of sp³-hybridized carbons (Fsp3) is 0.778. The van der Waals surface area contributed by atoms with Crippen molar-refractivity contribution in [2.75, 3.05) is 6.54 Å². The van der Waals surface area contributed by atoms with E-state index in [-0.39, 0.29) is 13.0 Å². The van der Waals surface area contributed by atoms with Crippen molar-refractivity contribution in [3.63, 3.8) is 0 Å². The minimum atomic E-state index is -4.91. The molecular weight excluding hydrogens is 227 g/mol. The zero-order chi connectivity index (χ0) is 12.1. The number of alkyl halides is 3. The van der Waals surface area contributed by atoms with E-state index in [1.165, 1.54) is 0 Å². The summed E-state index contributed by atoms with van der Waals surface area (Å²) in [6.07, 6.45) is -4.07. The summed E-state index contributed by atoms with van der Waals surface area (Å²) < 4.78 is 36.6. The van der Waals surface area contributed by atoms with Crippen molar-refractivity contribution in [1.82, 2.24) is 4.90 Å². The van der Waals surface area contributed by atoms with E-state index in [4.69, 9.17) is 5.11 Å². The number of nitrogens with zero attached hydrogens (tertiary/aromatic N) is 1. The van der Waals surface area contributed by atoms with Crippen LogP contribution in [-0.4, -0.2) is 40.6 Å². The molecular formula is C9H10F3NO3. The molecule has 0 aromatic carbocycles. The van der Waals surface area contributed by atoms with Gasteiger partial charge in [0.2, 0.25) is 0 Å². The van der Waals surface area contributed by atoms with Crippen molar-refractivity contribution < 1.29 is 27.9 Å². The average Bonchev–Trinajstić information content (AvgIpc) is 2.73. The fourth-order valence-electron chi connectivity index (χ4n) is 2.63. The third-order valence-electron chi connectivity index (χ3n) is 3.45. The van der Waals surface area contributed by atoms with Crippen LogP contribution in [-0.2, 0) is 9.59 Å². The summed E-state index contributed by atoms with van der Waals surface area (Å²) in [5.41, 5.74) is -1.15. The molecule has 2 aliphatic rings. The van der Waals surface area contributed by atoms with E-state index in [1.54, 1.807) is 0 Å². The van der Waals surface area contributed by atoms with Gasteiger partial charge in [-0.15, -0.1) is 0 Å². The number of amides is 1. The number of likely N-dealkylation sites (tertiary alicyclic amines) is 1. The highest BCUT2D eigenvalue weighted by atomic mass is 19.4. The maximum Gasteiger partial charge on any atom is 0.471 e. The van der Waals surface area contributed by atoms with Gasteiger partial charge in [0, 0.05) is 12.6 Å². The first kappa shape index (κ1) is 11.2. The van der Waals surface area contributed by atoms with Gasteiger partial charge in [0.25, 0.3) is 0 Å². The molecule has 4 nitrogen and oxygen atoms in total. The molecule has 2 bridgehead atoms. The minimum Gasteiger partial charge on any atom is -0.481 e. The maximum absolute atomic E-state index is 12.2. The molecule has 0 radical (unpaired) electrons. The Morgan fingerprint density at radius 1 is 1.38 bits per heavy atom. The Bertz CT molecular complexity index is 354. The number of piperidine rings is 1. The van der Waals surface area contributed by atoms with Crippen molar-refractivity contribution in [3.8, 4) is 0 Å². The molecule has 7 heteroatoms. The Labute approximate surface area is 89.0 Å². The molecule has 1 heterocycles. The Morgan fingerprint density at radius 2 is 2.00 bits per heavy atom. The van der Waals surface area contributed by atoms with Crippen molar-refractivity contribution in [2.24, 2.45) is 5.41 Å². The van der Waals surface area contributed by atoms with Gasteiger partial charge in [-0.05, 0) is 19.3 Å². The summed E-state index contributed by atoms with van der Waals surface area (Å²) in [5, 5.41) is 8.97. The molecule has 1 N–H and O–H groups in total. The summed E-state index contributed by atoms with van der Waals surface area (Å²) in [6, 6.07) is -0.565. The predicted molar refractivity (Wildman–Crippen MR) is 45.5 cm³/mol. The molecule has 90 valence electrons. The summed E-state index contributed by atoms with van der Waals surface area (Å²) in [6.45, 7) is -0.314. The summed E-state index contributed by atoms with van der Waals surface area (Å²) in [4.78, 5) is 22.7. The molecule has 1 saturated carbocycles. The number of carbonyl (C=O) groups excluding carboxylic acids is 1. The van der Waals surface area contributed by atoms with Crippen LogP contribution in [0.5, 0.6) is 0 Å². The standard InChI is InChI=1S/C9H10F3NO3/c10-9(11,12)6(14)13-4-8(7(15)16)2-1-5(13)3-8/h5H,1-4H2,(H,15,16)/t5-,8-/m0/s1. The SMILES string of the molecule is O=C(N1C[C@]2(C(=O)O)CC[C@H]1C2)C(F)(F)F. The highest BCUT2D eigenvalue weighted by molar-refractivity contribution is 5.85. The molecule has 1 saturated heterocycles. The largest absolute Gasteiger partial charge is 0.481 e. The Morgan fingerprint density at radius 3 is 2.44 bits per heavy atom. The van der Waals surface area contributed by atoms with E-state index in [1.807, 2.05) is 0 Å². The molecule has 1 aliphatic heterocycles. The highest BCUT2D eigenvalue weighted by Crippen LogP contribution is 2.48. The molecule has 0 aromatic heterocycles. The second-order valence-electron chi connectivity index (χ2n) is 4.41. The van der Waals surface area contributed by atoms with Crippen LogP contribution in [0.2, 0.25) is 0 Å². The van der Waals surface area contributed by atoms with Gasteiger partial charge in [0.1, 0.15) is 0 Å². The van der Waals surface area contributed by atoms with Gasteiger partial charge < -0.3 is 10.0 Å². The molecule has 16 heavy (non-hydrogen) atoms. The smallest absolute Gasteiger partial charge is 0.471 e. The van der Waals surface area contributed by atoms with Crippen LogP contribution in [0, 0.1) is 5.41 Å². The third-order valence-corrected chi connectivity index (χ3v) is 3.45. The van der Waals surface area contributed by atoms with Gasteiger partial charge in [-0.2, -0.15) is 13.2 Å². The van der Waals surface area contributed by atoms with E-state index in [0.29, 0.717) is 17.7 Å². The highest BCUT2D eigenvalue weighted by Gasteiger charge is 2.59. The zero-order valence-electron chi connectivity index (χ0n) is 8.25. The Kier molecular flexibility index (Phi) is 2.18. The Hall–Kier alpha value is -1.27. The van der Waals surface area contributed by atoms with Crippen molar-refractivity contribution in [3.05, 3.63) is 0 Å². The van der Waals surface area contributed by atoms with Crippen LogP contribution in [0.4, 0.5) is 13.2 Å². The number of hydrogen-bond donors (Lipinski definition) is 1. The molecule has 1 amide bonds. The molecule has 0 aromatic rings.